The summed E-state index contributed by atoms with van der Waals surface area (Å²) in [5, 5.41) is -1.50. The van der Waals surface area contributed by atoms with Crippen molar-refractivity contribution in [3.05, 3.63) is 0 Å². The van der Waals surface area contributed by atoms with Crippen LogP contribution in [0, 0.1) is 65.1 Å². The van der Waals surface area contributed by atoms with E-state index in [9.17, 15) is 58.9 Å². The van der Waals surface area contributed by atoms with Crippen LogP contribution < -0.4 is 0 Å². The van der Waals surface area contributed by atoms with E-state index in [0.29, 0.717) is 180 Å². The Balaban J connectivity index is 0.846. The molecule has 0 amide bonds. The van der Waals surface area contributed by atoms with Crippen LogP contribution in [0.4, 0.5) is 0 Å². The van der Waals surface area contributed by atoms with Crippen LogP contribution in [0.15, 0.2) is 0 Å². The molecule has 7 saturated carbocycles. The highest BCUT2D eigenvalue weighted by atomic mass is 32.2. The highest BCUT2D eigenvalue weighted by molar-refractivity contribution is 7.93. The topological polar surface area (TPSA) is 239 Å². The van der Waals surface area contributed by atoms with Crippen molar-refractivity contribution < 1.29 is 58.9 Å². The second-order valence-corrected chi connectivity index (χ2v) is 41.9. The molecule has 9 saturated heterocycles. The lowest BCUT2D eigenvalue weighted by Gasteiger charge is -2.33. The molecule has 16 aliphatic rings. The summed E-state index contributed by atoms with van der Waals surface area (Å²) in [6.45, 7) is 0. The largest absolute Gasteiger partial charge is 0.229 e. The summed E-state index contributed by atoms with van der Waals surface area (Å²) >= 11 is 0. The van der Waals surface area contributed by atoms with Crippen LogP contribution in [-0.2, 0) is 68.9 Å². The SMILES string of the molecule is O=S1(=O)CC2CCC(CC2)CS(=O)(=O)CC2CCC(CC2)CS(=O)(=O)C2CCC(CC2)CS(=O)(=O)C2CCC(CC2)CS(=O)(=O)CC2CCC(CC2)CS(=O)(=O)C2CCC(CC2)CS(=O)(=O)CC2CCC(CC2)C1. The van der Waals surface area contributed by atoms with Crippen LogP contribution >= 0.6 is 0 Å². The van der Waals surface area contributed by atoms with Crippen LogP contribution in [0.3, 0.4) is 0 Å². The van der Waals surface area contributed by atoms with Gasteiger partial charge in [-0.1, -0.05) is 0 Å². The van der Waals surface area contributed by atoms with Gasteiger partial charge in [0.05, 0.1) is 79.0 Å². The van der Waals surface area contributed by atoms with Crippen molar-refractivity contribution in [3.8, 4) is 0 Å². The first-order valence-corrected chi connectivity index (χ1v) is 41.6. The van der Waals surface area contributed by atoms with E-state index in [1.807, 2.05) is 0 Å². The number of hydrogen-bond donors (Lipinski definition) is 0. The molecule has 0 spiro atoms. The third-order valence-electron chi connectivity index (χ3n) is 20.1. The number of fused-ring (bicyclic) bond motifs is 5. The lowest BCUT2D eigenvalue weighted by molar-refractivity contribution is 0.298. The van der Waals surface area contributed by atoms with Gasteiger partial charge in [-0.15, -0.1) is 0 Å². The van der Waals surface area contributed by atoms with Crippen molar-refractivity contribution >= 4 is 68.9 Å². The lowest BCUT2D eigenvalue weighted by Crippen LogP contribution is -2.37. The molecular formula is C53H92O14S7. The summed E-state index contributed by atoms with van der Waals surface area (Å²) in [6.07, 6.45) is 16.6. The number of sulfone groups is 7. The lowest BCUT2D eigenvalue weighted by atomic mass is 9.84. The van der Waals surface area contributed by atoms with Crippen molar-refractivity contribution in [3.63, 3.8) is 0 Å². The van der Waals surface area contributed by atoms with Crippen LogP contribution in [-0.4, -0.2) is 138 Å². The van der Waals surface area contributed by atoms with Gasteiger partial charge in [0.2, 0.25) is 0 Å². The second-order valence-electron chi connectivity index (χ2n) is 26.3. The van der Waals surface area contributed by atoms with E-state index in [4.69, 9.17) is 0 Å². The molecule has 7 aliphatic carbocycles. The molecule has 0 unspecified atom stereocenters. The molecule has 14 nitrogen and oxygen atoms in total. The Labute approximate surface area is 448 Å². The molecule has 9 heterocycles. The van der Waals surface area contributed by atoms with Crippen molar-refractivity contribution in [1.29, 1.82) is 0 Å². The Hall–Kier alpha value is -0.350. The quantitative estimate of drug-likeness (QED) is 0.225. The monoisotopic (exact) mass is 1180 g/mol. The molecule has 0 atom stereocenters. The molecule has 0 N–H and O–H groups in total. The molecule has 0 aromatic heterocycles. The molecule has 0 aromatic carbocycles. The van der Waals surface area contributed by atoms with Crippen molar-refractivity contribution in [2.24, 2.45) is 65.1 Å². The Morgan fingerprint density at radius 2 is 0.257 bits per heavy atom. The maximum atomic E-state index is 13.7. The van der Waals surface area contributed by atoms with E-state index in [1.54, 1.807) is 0 Å². The van der Waals surface area contributed by atoms with Gasteiger partial charge < -0.3 is 0 Å². The first-order chi connectivity index (χ1) is 34.7. The predicted molar refractivity (Wildman–Crippen MR) is 295 cm³/mol. The van der Waals surface area contributed by atoms with Gasteiger partial charge in [0.15, 0.2) is 68.9 Å². The van der Waals surface area contributed by atoms with Gasteiger partial charge in [-0.2, -0.15) is 0 Å². The average molecular weight is 1180 g/mol. The van der Waals surface area contributed by atoms with Crippen molar-refractivity contribution in [2.45, 2.75) is 196 Å². The van der Waals surface area contributed by atoms with E-state index in [0.717, 1.165) is 0 Å². The van der Waals surface area contributed by atoms with Gasteiger partial charge in [-0.05, 0) is 245 Å². The molecule has 0 radical (unpaired) electrons. The maximum absolute atomic E-state index is 13.7. The predicted octanol–water partition coefficient (Wildman–Crippen LogP) is 7.81. The van der Waals surface area contributed by atoms with Gasteiger partial charge in [-0.3, -0.25) is 0 Å². The first kappa shape index (κ1) is 59.8. The zero-order chi connectivity index (χ0) is 53.2. The Morgan fingerprint density at radius 3 is 0.392 bits per heavy atom. The number of rotatable bonds is 0. The van der Waals surface area contributed by atoms with Crippen molar-refractivity contribution in [1.82, 2.24) is 0 Å². The highest BCUT2D eigenvalue weighted by Crippen LogP contribution is 2.41. The van der Waals surface area contributed by atoms with Gasteiger partial charge >= 0.3 is 0 Å². The van der Waals surface area contributed by atoms with E-state index in [1.165, 1.54) is 0 Å². The zero-order valence-corrected chi connectivity index (χ0v) is 49.9. The third-order valence-corrected chi connectivity index (χ3v) is 35.2. The van der Waals surface area contributed by atoms with Gasteiger partial charge in [0.25, 0.3) is 0 Å². The summed E-state index contributed by atoms with van der Waals surface area (Å²) in [5.41, 5.74) is 0. The Kier molecular flexibility index (Phi) is 20.0. The van der Waals surface area contributed by atoms with Gasteiger partial charge in [-0.25, -0.2) is 58.9 Å². The van der Waals surface area contributed by atoms with Crippen LogP contribution in [0.25, 0.3) is 0 Å². The summed E-state index contributed by atoms with van der Waals surface area (Å²) in [5.74, 6) is 0.441. The molecule has 21 heteroatoms. The maximum Gasteiger partial charge on any atom is 0.153 e. The van der Waals surface area contributed by atoms with Crippen LogP contribution in [0.1, 0.15) is 180 Å². The second kappa shape index (κ2) is 24.8. The molecule has 9 aliphatic heterocycles. The molecule has 0 aromatic rings. The fourth-order valence-electron chi connectivity index (χ4n) is 15.8. The molecule has 14 bridgehead atoms. The number of hydrogen-bond acceptors (Lipinski definition) is 14. The molecule has 430 valence electrons. The van der Waals surface area contributed by atoms with E-state index >= 15 is 0 Å². The molecule has 74 heavy (non-hydrogen) atoms. The molecule has 16 rings (SSSR count). The minimum atomic E-state index is -3.45. The smallest absolute Gasteiger partial charge is 0.153 e. The summed E-state index contributed by atoms with van der Waals surface area (Å²) in [4.78, 5) is 0. The molecular weight excluding hydrogens is 1090 g/mol. The third kappa shape index (κ3) is 17.6. The van der Waals surface area contributed by atoms with Crippen molar-refractivity contribution in [2.75, 3.05) is 63.3 Å². The summed E-state index contributed by atoms with van der Waals surface area (Å²) in [6, 6.07) is 0. The van der Waals surface area contributed by atoms with E-state index < -0.39 is 84.6 Å². The van der Waals surface area contributed by atoms with Gasteiger partial charge in [0.1, 0.15) is 0 Å². The first-order valence-electron chi connectivity index (χ1n) is 29.1. The molecule has 16 fully saturated rings. The fraction of sp³-hybridized carbons (Fsp3) is 1.00. The van der Waals surface area contributed by atoms with Gasteiger partial charge in [0, 0.05) is 0 Å². The van der Waals surface area contributed by atoms with Crippen LogP contribution in [0.2, 0.25) is 0 Å². The average Bonchev–Trinajstić information content (AvgIpc) is 3.31. The Bertz CT molecular complexity index is 2650. The minimum Gasteiger partial charge on any atom is -0.229 e. The summed E-state index contributed by atoms with van der Waals surface area (Å²) in [7, 11) is -23.8. The highest BCUT2D eigenvalue weighted by Gasteiger charge is 2.41. The van der Waals surface area contributed by atoms with E-state index in [2.05, 4.69) is 0 Å². The Morgan fingerprint density at radius 1 is 0.149 bits per heavy atom. The zero-order valence-electron chi connectivity index (χ0n) is 44.2. The van der Waals surface area contributed by atoms with E-state index in [-0.39, 0.29) is 128 Å². The normalized spacial score (nSPS) is 42.5. The minimum absolute atomic E-state index is 0.000569. The van der Waals surface area contributed by atoms with Crippen LogP contribution in [0.5, 0.6) is 0 Å². The summed E-state index contributed by atoms with van der Waals surface area (Å²) < 4.78 is 190. The standard InChI is InChI=1S/C53H92O14S7/c54-68(55)29-40-1-3-42(4-2-40)31-69(56,57)33-44-9-13-49(14-10-44)38-73(64,65)53-27-21-50(22-28-53)39-74(66,67)52-25-19-47(20-26-52)36-71(60,61)34-45-11-15-48(16-12-45)37-72(62,63)51-23-17-46(18-24-51)35-70(58,59)32-43-7-5-41(30-68)6-8-43/h40-53H,1-39H2. The fourth-order valence-corrected chi connectivity index (χ4v) is 31.5.